The molecule has 2 atom stereocenters. The van der Waals surface area contributed by atoms with Gasteiger partial charge in [-0.2, -0.15) is 9.67 Å². The Morgan fingerprint density at radius 3 is 2.06 bits per heavy atom. The van der Waals surface area contributed by atoms with Crippen molar-refractivity contribution in [3.8, 4) is 0 Å². The minimum absolute atomic E-state index is 0.0302. The molecule has 0 aliphatic carbocycles. The van der Waals surface area contributed by atoms with E-state index in [-0.39, 0.29) is 12.6 Å². The number of hydrogen-bond donors (Lipinski definition) is 5. The number of hydrazone groups is 2. The molecule has 2 aliphatic heterocycles. The Labute approximate surface area is 208 Å². The molecule has 12 heteroatoms. The van der Waals surface area contributed by atoms with E-state index in [1.807, 2.05) is 61.7 Å². The van der Waals surface area contributed by atoms with Crippen molar-refractivity contribution in [1.82, 2.24) is 16.3 Å². The van der Waals surface area contributed by atoms with Gasteiger partial charge in [0.25, 0.3) is 0 Å². The van der Waals surface area contributed by atoms with Crippen molar-refractivity contribution < 1.29 is 18.7 Å². The summed E-state index contributed by atoms with van der Waals surface area (Å²) < 4.78 is 11.3. The summed E-state index contributed by atoms with van der Waals surface area (Å²) in [6.07, 6.45) is 4.65. The minimum Gasteiger partial charge on any atom is -0.370 e. The van der Waals surface area contributed by atoms with Crippen LogP contribution in [0.25, 0.3) is 21.5 Å². The topological polar surface area (TPSA) is 143 Å². The highest BCUT2D eigenvalue weighted by Crippen LogP contribution is 2.46. The molecule has 2 unspecified atom stereocenters. The van der Waals surface area contributed by atoms with Crippen LogP contribution < -0.4 is 16.3 Å². The summed E-state index contributed by atoms with van der Waals surface area (Å²) in [5.74, 6) is 0.903. The molecule has 0 bridgehead atoms. The average Bonchev–Trinajstić information content (AvgIpc) is 3.58. The molecule has 2 aliphatic rings. The maximum absolute atomic E-state index is 12.1. The standard InChI is InChI=1S/C24H27N8O3P/c1-17(24-26-10-11-27-24)30-28-14-22-18-6-2-4-8-20(18)23(21-9-5-3-7-19(21)22)15-29-31-32(36(33,34)35)13-12-25-16-32/h2-9,14-17,30-31H,10-13H2,1H3,(H2-,26,27,33,34,35)/p+1. The predicted octanol–water partition coefficient (Wildman–Crippen LogP) is 2.10. The highest BCUT2D eigenvalue weighted by molar-refractivity contribution is 7.45. The number of amidine groups is 1. The molecule has 2 heterocycles. The van der Waals surface area contributed by atoms with Gasteiger partial charge in [0, 0.05) is 17.7 Å². The maximum Gasteiger partial charge on any atom is 0.558 e. The molecule has 0 fully saturated rings. The van der Waals surface area contributed by atoms with Crippen LogP contribution in [0, 0.1) is 0 Å². The lowest BCUT2D eigenvalue weighted by Crippen LogP contribution is -2.50. The van der Waals surface area contributed by atoms with E-state index in [2.05, 4.69) is 36.5 Å². The molecule has 0 amide bonds. The first-order valence-corrected chi connectivity index (χ1v) is 13.2. The van der Waals surface area contributed by atoms with Crippen molar-refractivity contribution in [3.63, 3.8) is 0 Å². The summed E-state index contributed by atoms with van der Waals surface area (Å²) >= 11 is 0. The Hall–Kier alpha value is -3.63. The van der Waals surface area contributed by atoms with Crippen molar-refractivity contribution in [1.29, 1.82) is 0 Å². The van der Waals surface area contributed by atoms with Crippen LogP contribution in [0.15, 0.2) is 68.7 Å². The van der Waals surface area contributed by atoms with Gasteiger partial charge in [-0.25, -0.2) is 4.99 Å². The Bertz CT molecular complexity index is 1410. The quantitative estimate of drug-likeness (QED) is 0.137. The van der Waals surface area contributed by atoms with Crippen LogP contribution in [0.5, 0.6) is 0 Å². The number of aliphatic imine (C=N–C) groups is 2. The third-order valence-electron chi connectivity index (χ3n) is 6.32. The van der Waals surface area contributed by atoms with Gasteiger partial charge in [0.05, 0.1) is 31.6 Å². The summed E-state index contributed by atoms with van der Waals surface area (Å²) in [6, 6.07) is 15.8. The summed E-state index contributed by atoms with van der Waals surface area (Å²) in [7, 11) is -4.57. The van der Waals surface area contributed by atoms with Crippen LogP contribution >= 0.6 is 7.75 Å². The second-order valence-electron chi connectivity index (χ2n) is 8.66. The fourth-order valence-electron chi connectivity index (χ4n) is 4.44. The van der Waals surface area contributed by atoms with Crippen LogP contribution in [0.3, 0.4) is 0 Å². The number of hydrogen-bond acceptors (Lipinski definition) is 8. The van der Waals surface area contributed by atoms with E-state index < -0.39 is 12.1 Å². The van der Waals surface area contributed by atoms with Crippen molar-refractivity contribution in [2.24, 2.45) is 20.2 Å². The van der Waals surface area contributed by atoms with E-state index in [1.165, 1.54) is 6.34 Å². The Balaban J connectivity index is 1.53. The predicted molar refractivity (Wildman–Crippen MR) is 143 cm³/mol. The highest BCUT2D eigenvalue weighted by Gasteiger charge is 2.48. The third kappa shape index (κ3) is 4.49. The number of benzene rings is 3. The second kappa shape index (κ2) is 9.79. The minimum atomic E-state index is -4.57. The number of quaternary nitrogens is 1. The van der Waals surface area contributed by atoms with Crippen molar-refractivity contribution in [2.75, 3.05) is 26.2 Å². The smallest absolute Gasteiger partial charge is 0.370 e. The molecule has 0 radical (unpaired) electrons. The van der Waals surface area contributed by atoms with Gasteiger partial charge in [-0.05, 0) is 28.5 Å². The normalized spacial score (nSPS) is 20.9. The molecule has 36 heavy (non-hydrogen) atoms. The van der Waals surface area contributed by atoms with Gasteiger partial charge in [0.1, 0.15) is 12.4 Å². The number of nitrogens with zero attached hydrogens (tertiary/aromatic N) is 5. The third-order valence-corrected chi connectivity index (χ3v) is 7.64. The zero-order chi connectivity index (χ0) is 25.2. The van der Waals surface area contributed by atoms with Gasteiger partial charge in [-0.15, -0.1) is 10.6 Å². The first-order chi connectivity index (χ1) is 17.4. The molecule has 0 spiro atoms. The van der Waals surface area contributed by atoms with Crippen LogP contribution in [-0.2, 0) is 4.57 Å². The van der Waals surface area contributed by atoms with E-state index >= 15 is 0 Å². The van der Waals surface area contributed by atoms with Gasteiger partial charge >= 0.3 is 7.75 Å². The lowest BCUT2D eigenvalue weighted by molar-refractivity contribution is -0.767. The number of fused-ring (bicyclic) bond motifs is 2. The summed E-state index contributed by atoms with van der Waals surface area (Å²) in [5, 5.41) is 15.9. The Kier molecular flexibility index (Phi) is 6.55. The first-order valence-electron chi connectivity index (χ1n) is 11.6. The molecule has 5 rings (SSSR count). The van der Waals surface area contributed by atoms with Crippen molar-refractivity contribution >= 4 is 53.9 Å². The molecular weight excluding hydrogens is 479 g/mol. The van der Waals surface area contributed by atoms with Gasteiger partial charge in [-0.3, -0.25) is 20.2 Å². The molecule has 0 saturated carbocycles. The summed E-state index contributed by atoms with van der Waals surface area (Å²) in [5.41, 5.74) is 7.58. The van der Waals surface area contributed by atoms with Gasteiger partial charge in [0.2, 0.25) is 6.34 Å². The summed E-state index contributed by atoms with van der Waals surface area (Å²) in [6.45, 7) is 4.06. The van der Waals surface area contributed by atoms with Gasteiger partial charge in [0.15, 0.2) is 0 Å². The fourth-order valence-corrected chi connectivity index (χ4v) is 5.17. The average molecular weight is 508 g/mol. The fraction of sp³-hybridized carbons (Fsp3) is 0.250. The Morgan fingerprint density at radius 1 is 1.00 bits per heavy atom. The zero-order valence-corrected chi connectivity index (χ0v) is 20.6. The maximum atomic E-state index is 12.1. The van der Waals surface area contributed by atoms with E-state index in [1.54, 1.807) is 6.21 Å². The SMILES string of the molecule is CC(NN=Cc1c2ccccc2c(C=NN[N+]2(P(=O)(O)O)C=NCC2)c2ccccc12)C1=NCCN1. The monoisotopic (exact) mass is 507 g/mol. The molecule has 5 N–H and O–H groups in total. The number of nitrogens with one attached hydrogen (secondary N) is 3. The molecule has 186 valence electrons. The van der Waals surface area contributed by atoms with Crippen LogP contribution in [0.2, 0.25) is 0 Å². The highest BCUT2D eigenvalue weighted by atomic mass is 31.2. The van der Waals surface area contributed by atoms with E-state index in [0.29, 0.717) is 6.54 Å². The molecule has 0 saturated heterocycles. The Morgan fingerprint density at radius 2 is 1.58 bits per heavy atom. The van der Waals surface area contributed by atoms with E-state index in [9.17, 15) is 14.4 Å². The van der Waals surface area contributed by atoms with E-state index in [4.69, 9.17) is 0 Å². The van der Waals surface area contributed by atoms with Gasteiger partial charge < -0.3 is 5.32 Å². The van der Waals surface area contributed by atoms with Crippen LogP contribution in [0.1, 0.15) is 18.1 Å². The van der Waals surface area contributed by atoms with Crippen molar-refractivity contribution in [2.45, 2.75) is 13.0 Å². The number of rotatable bonds is 8. The molecule has 3 aromatic rings. The first kappa shape index (κ1) is 24.1. The molecular formula is C24H28N8O3P+. The lowest BCUT2D eigenvalue weighted by atomic mass is 9.92. The zero-order valence-electron chi connectivity index (χ0n) is 19.7. The molecule has 11 nitrogen and oxygen atoms in total. The summed E-state index contributed by atoms with van der Waals surface area (Å²) in [4.78, 5) is 28.2. The molecule has 3 aromatic carbocycles. The van der Waals surface area contributed by atoms with Gasteiger partial charge in [-0.1, -0.05) is 52.9 Å². The van der Waals surface area contributed by atoms with Crippen LogP contribution in [-0.4, -0.2) is 71.0 Å². The van der Waals surface area contributed by atoms with E-state index in [0.717, 1.165) is 51.6 Å². The van der Waals surface area contributed by atoms with Crippen LogP contribution in [0.4, 0.5) is 0 Å². The largest absolute Gasteiger partial charge is 0.558 e. The van der Waals surface area contributed by atoms with Crippen molar-refractivity contribution in [3.05, 3.63) is 59.7 Å². The molecule has 0 aromatic heterocycles. The lowest BCUT2D eigenvalue weighted by Gasteiger charge is -2.26. The second-order valence-corrected chi connectivity index (χ2v) is 10.4.